The Labute approximate surface area is 149 Å². The maximum absolute atomic E-state index is 12.8. The van der Waals surface area contributed by atoms with Gasteiger partial charge in [-0.1, -0.05) is 0 Å². The highest BCUT2D eigenvalue weighted by Gasteiger charge is 2.35. The van der Waals surface area contributed by atoms with Gasteiger partial charge in [-0.25, -0.2) is 0 Å². The van der Waals surface area contributed by atoms with Crippen LogP contribution in [0.15, 0.2) is 0 Å². The fourth-order valence-electron chi connectivity index (χ4n) is 3.57. The SMILES string of the molecule is COC[C@H]1NC(=O)CC[C@H]1C(=O)N(C)CCCc1c(C)nn(C)c1C. The molecule has 2 amide bonds. The van der Waals surface area contributed by atoms with E-state index in [1.807, 2.05) is 25.7 Å². The Morgan fingerprint density at radius 1 is 1.44 bits per heavy atom. The van der Waals surface area contributed by atoms with E-state index in [1.165, 1.54) is 11.3 Å². The largest absolute Gasteiger partial charge is 0.383 e. The number of aryl methyl sites for hydroxylation is 2. The summed E-state index contributed by atoms with van der Waals surface area (Å²) < 4.78 is 7.07. The quantitative estimate of drug-likeness (QED) is 0.795. The molecule has 1 N–H and O–H groups in total. The van der Waals surface area contributed by atoms with E-state index >= 15 is 0 Å². The van der Waals surface area contributed by atoms with Crippen LogP contribution in [0.3, 0.4) is 0 Å². The van der Waals surface area contributed by atoms with Crippen LogP contribution in [-0.4, -0.2) is 59.8 Å². The standard InChI is InChI=1S/C18H30N4O3/c1-12-14(13(2)22(4)20-12)7-6-10-21(3)18(24)15-8-9-17(23)19-16(15)11-25-5/h15-16H,6-11H2,1-5H3,(H,19,23)/t15-,16-/m1/s1. The zero-order chi connectivity index (χ0) is 18.6. The first-order valence-corrected chi connectivity index (χ1v) is 8.87. The number of ether oxygens (including phenoxy) is 1. The maximum Gasteiger partial charge on any atom is 0.227 e. The molecule has 0 radical (unpaired) electrons. The van der Waals surface area contributed by atoms with Crippen molar-refractivity contribution in [2.75, 3.05) is 27.3 Å². The summed E-state index contributed by atoms with van der Waals surface area (Å²) in [5, 5.41) is 7.32. The van der Waals surface area contributed by atoms with Gasteiger partial charge in [-0.3, -0.25) is 14.3 Å². The number of carbonyl (C=O) groups excluding carboxylic acids is 2. The molecule has 7 heteroatoms. The van der Waals surface area contributed by atoms with Gasteiger partial charge in [-0.2, -0.15) is 5.10 Å². The second-order valence-corrected chi connectivity index (χ2v) is 6.91. The van der Waals surface area contributed by atoms with Crippen LogP contribution in [0.2, 0.25) is 0 Å². The van der Waals surface area contributed by atoms with Gasteiger partial charge < -0.3 is 15.0 Å². The molecule has 0 spiro atoms. The topological polar surface area (TPSA) is 76.5 Å². The van der Waals surface area contributed by atoms with Gasteiger partial charge in [0.1, 0.15) is 0 Å². The molecule has 0 aromatic carbocycles. The number of nitrogens with zero attached hydrogens (tertiary/aromatic N) is 3. The van der Waals surface area contributed by atoms with Gasteiger partial charge in [-0.15, -0.1) is 0 Å². The Balaban J connectivity index is 1.89. The number of methoxy groups -OCH3 is 1. The van der Waals surface area contributed by atoms with Crippen LogP contribution in [-0.2, 0) is 27.8 Å². The van der Waals surface area contributed by atoms with Crippen molar-refractivity contribution in [2.24, 2.45) is 13.0 Å². The predicted octanol–water partition coefficient (Wildman–Crippen LogP) is 0.969. The van der Waals surface area contributed by atoms with E-state index in [0.29, 0.717) is 26.0 Å². The van der Waals surface area contributed by atoms with Gasteiger partial charge in [0.15, 0.2) is 0 Å². The lowest BCUT2D eigenvalue weighted by molar-refractivity contribution is -0.139. The van der Waals surface area contributed by atoms with Crippen LogP contribution in [0.5, 0.6) is 0 Å². The molecule has 25 heavy (non-hydrogen) atoms. The van der Waals surface area contributed by atoms with E-state index in [2.05, 4.69) is 17.3 Å². The number of hydrogen-bond acceptors (Lipinski definition) is 4. The molecule has 0 aliphatic carbocycles. The molecule has 1 aliphatic rings. The molecule has 7 nitrogen and oxygen atoms in total. The number of piperidine rings is 1. The molecule has 1 saturated heterocycles. The molecule has 140 valence electrons. The Morgan fingerprint density at radius 2 is 2.16 bits per heavy atom. The van der Waals surface area contributed by atoms with Crippen molar-refractivity contribution in [2.45, 2.75) is 45.6 Å². The second-order valence-electron chi connectivity index (χ2n) is 6.91. The molecule has 1 aliphatic heterocycles. The smallest absolute Gasteiger partial charge is 0.227 e. The lowest BCUT2D eigenvalue weighted by atomic mass is 9.89. The molecule has 0 saturated carbocycles. The summed E-state index contributed by atoms with van der Waals surface area (Å²) >= 11 is 0. The van der Waals surface area contributed by atoms with Crippen LogP contribution >= 0.6 is 0 Å². The third-order valence-electron chi connectivity index (χ3n) is 5.13. The molecule has 0 unspecified atom stereocenters. The zero-order valence-corrected chi connectivity index (χ0v) is 16.0. The minimum atomic E-state index is -0.232. The Bertz CT molecular complexity index is 626. The van der Waals surface area contributed by atoms with Gasteiger partial charge in [0, 0.05) is 39.9 Å². The van der Waals surface area contributed by atoms with E-state index in [1.54, 1.807) is 12.0 Å². The van der Waals surface area contributed by atoms with Gasteiger partial charge in [0.05, 0.1) is 24.3 Å². The number of carbonyl (C=O) groups is 2. The summed E-state index contributed by atoms with van der Waals surface area (Å²) in [6.45, 7) is 5.16. The van der Waals surface area contributed by atoms with Crippen molar-refractivity contribution in [3.05, 3.63) is 17.0 Å². The van der Waals surface area contributed by atoms with E-state index in [4.69, 9.17) is 4.74 Å². The molecule has 1 aromatic rings. The minimum absolute atomic E-state index is 0.00344. The van der Waals surface area contributed by atoms with Crippen LogP contribution < -0.4 is 5.32 Å². The van der Waals surface area contributed by atoms with E-state index in [-0.39, 0.29) is 23.8 Å². The van der Waals surface area contributed by atoms with E-state index in [0.717, 1.165) is 18.5 Å². The Morgan fingerprint density at radius 3 is 2.76 bits per heavy atom. The second kappa shape index (κ2) is 8.47. The van der Waals surface area contributed by atoms with Crippen molar-refractivity contribution in [3.63, 3.8) is 0 Å². The number of rotatable bonds is 7. The fraction of sp³-hybridized carbons (Fsp3) is 0.722. The van der Waals surface area contributed by atoms with Crippen LogP contribution in [0, 0.1) is 19.8 Å². The normalized spacial score (nSPS) is 20.4. The summed E-state index contributed by atoms with van der Waals surface area (Å²) in [6.07, 6.45) is 2.79. The minimum Gasteiger partial charge on any atom is -0.383 e. The average molecular weight is 350 g/mol. The first kappa shape index (κ1) is 19.4. The van der Waals surface area contributed by atoms with E-state index in [9.17, 15) is 9.59 Å². The van der Waals surface area contributed by atoms with Gasteiger partial charge >= 0.3 is 0 Å². The number of nitrogens with one attached hydrogen (secondary N) is 1. The summed E-state index contributed by atoms with van der Waals surface area (Å²) in [7, 11) is 5.38. The van der Waals surface area contributed by atoms with Gasteiger partial charge in [0.2, 0.25) is 11.8 Å². The van der Waals surface area contributed by atoms with Crippen molar-refractivity contribution < 1.29 is 14.3 Å². The van der Waals surface area contributed by atoms with Crippen LogP contribution in [0.25, 0.3) is 0 Å². The molecule has 1 aromatic heterocycles. The maximum atomic E-state index is 12.8. The van der Waals surface area contributed by atoms with Crippen molar-refractivity contribution in [1.82, 2.24) is 20.0 Å². The molecule has 2 heterocycles. The Kier molecular flexibility index (Phi) is 6.58. The molecular formula is C18H30N4O3. The number of amides is 2. The Hall–Kier alpha value is -1.89. The van der Waals surface area contributed by atoms with Crippen molar-refractivity contribution in [1.29, 1.82) is 0 Å². The molecule has 1 fully saturated rings. The highest BCUT2D eigenvalue weighted by atomic mass is 16.5. The fourth-order valence-corrected chi connectivity index (χ4v) is 3.57. The molecular weight excluding hydrogens is 320 g/mol. The highest BCUT2D eigenvalue weighted by molar-refractivity contribution is 5.84. The summed E-state index contributed by atoms with van der Waals surface area (Å²) in [4.78, 5) is 26.1. The van der Waals surface area contributed by atoms with Crippen LogP contribution in [0.1, 0.15) is 36.2 Å². The lowest BCUT2D eigenvalue weighted by Crippen LogP contribution is -2.53. The third kappa shape index (κ3) is 4.60. The van der Waals surface area contributed by atoms with Gasteiger partial charge in [-0.05, 0) is 38.7 Å². The zero-order valence-electron chi connectivity index (χ0n) is 16.0. The predicted molar refractivity (Wildman–Crippen MR) is 95.2 cm³/mol. The molecule has 0 bridgehead atoms. The van der Waals surface area contributed by atoms with Gasteiger partial charge in [0.25, 0.3) is 0 Å². The van der Waals surface area contributed by atoms with E-state index < -0.39 is 0 Å². The summed E-state index contributed by atoms with van der Waals surface area (Å²) in [5.41, 5.74) is 3.51. The molecule has 2 atom stereocenters. The lowest BCUT2D eigenvalue weighted by Gasteiger charge is -2.33. The molecule has 2 rings (SSSR count). The summed E-state index contributed by atoms with van der Waals surface area (Å²) in [6, 6.07) is -0.232. The van der Waals surface area contributed by atoms with Crippen molar-refractivity contribution >= 4 is 11.8 Å². The number of hydrogen-bond donors (Lipinski definition) is 1. The third-order valence-corrected chi connectivity index (χ3v) is 5.13. The van der Waals surface area contributed by atoms with Crippen LogP contribution in [0.4, 0.5) is 0 Å². The first-order valence-electron chi connectivity index (χ1n) is 8.87. The van der Waals surface area contributed by atoms with Crippen molar-refractivity contribution in [3.8, 4) is 0 Å². The monoisotopic (exact) mass is 350 g/mol. The average Bonchev–Trinajstić information content (AvgIpc) is 2.80. The first-order chi connectivity index (χ1) is 11.8. The number of aromatic nitrogens is 2. The highest BCUT2D eigenvalue weighted by Crippen LogP contribution is 2.20. The summed E-state index contributed by atoms with van der Waals surface area (Å²) in [5.74, 6) is -0.123.